The molecule has 1 amide bonds. The standard InChI is InChI=1S/C18H19N3O3/c1-11-8-9-19-17(20-11)16(12-6-7-12)21-18(22)15-10-23-13-4-2-3-5-14(13)24-15/h2-5,8-9,12,15-16H,6-7,10H2,1H3,(H,21,22)/t15-,16+/m0/s1. The van der Waals surface area contributed by atoms with E-state index in [-0.39, 0.29) is 18.6 Å². The Kier molecular flexibility index (Phi) is 3.80. The van der Waals surface area contributed by atoms with Crippen molar-refractivity contribution in [1.29, 1.82) is 0 Å². The molecule has 1 aromatic heterocycles. The van der Waals surface area contributed by atoms with E-state index in [1.54, 1.807) is 12.3 Å². The third kappa shape index (κ3) is 3.04. The summed E-state index contributed by atoms with van der Waals surface area (Å²) in [5.41, 5.74) is 0.895. The Morgan fingerprint density at radius 2 is 2.04 bits per heavy atom. The second-order valence-corrected chi connectivity index (χ2v) is 6.24. The van der Waals surface area contributed by atoms with Gasteiger partial charge in [0.1, 0.15) is 6.61 Å². The Labute approximate surface area is 140 Å². The lowest BCUT2D eigenvalue weighted by Crippen LogP contribution is -2.45. The zero-order valence-electron chi connectivity index (χ0n) is 13.4. The Hall–Kier alpha value is -2.63. The van der Waals surface area contributed by atoms with E-state index >= 15 is 0 Å². The minimum absolute atomic E-state index is 0.168. The van der Waals surface area contributed by atoms with Gasteiger partial charge in [0.25, 0.3) is 5.91 Å². The molecule has 1 aliphatic carbocycles. The van der Waals surface area contributed by atoms with Crippen LogP contribution in [0, 0.1) is 12.8 Å². The van der Waals surface area contributed by atoms with Crippen LogP contribution in [0.2, 0.25) is 0 Å². The number of para-hydroxylation sites is 2. The van der Waals surface area contributed by atoms with Crippen LogP contribution in [0.4, 0.5) is 0 Å². The number of nitrogens with zero attached hydrogens (tertiary/aromatic N) is 2. The van der Waals surface area contributed by atoms with Crippen LogP contribution in [0.3, 0.4) is 0 Å². The molecule has 2 aliphatic rings. The van der Waals surface area contributed by atoms with Crippen LogP contribution in [0.5, 0.6) is 11.5 Å². The quantitative estimate of drug-likeness (QED) is 0.933. The molecule has 0 bridgehead atoms. The van der Waals surface area contributed by atoms with E-state index in [4.69, 9.17) is 9.47 Å². The molecule has 24 heavy (non-hydrogen) atoms. The fourth-order valence-electron chi connectivity index (χ4n) is 2.84. The SMILES string of the molecule is Cc1ccnc([C@H](NC(=O)[C@@H]2COc3ccccc3O2)C2CC2)n1. The number of benzene rings is 1. The number of fused-ring (bicyclic) bond motifs is 1. The van der Waals surface area contributed by atoms with Crippen molar-refractivity contribution >= 4 is 5.91 Å². The third-order valence-electron chi connectivity index (χ3n) is 4.28. The molecule has 6 heteroatoms. The normalized spacial score (nSPS) is 20.3. The highest BCUT2D eigenvalue weighted by Crippen LogP contribution is 2.40. The van der Waals surface area contributed by atoms with Crippen LogP contribution < -0.4 is 14.8 Å². The molecule has 1 aliphatic heterocycles. The molecule has 2 atom stereocenters. The van der Waals surface area contributed by atoms with Gasteiger partial charge in [-0.25, -0.2) is 9.97 Å². The van der Waals surface area contributed by atoms with E-state index in [9.17, 15) is 4.79 Å². The minimum Gasteiger partial charge on any atom is -0.485 e. The van der Waals surface area contributed by atoms with Crippen LogP contribution in [0.1, 0.15) is 30.4 Å². The molecule has 0 spiro atoms. The van der Waals surface area contributed by atoms with E-state index in [1.807, 2.05) is 31.2 Å². The first-order valence-corrected chi connectivity index (χ1v) is 8.19. The van der Waals surface area contributed by atoms with Crippen molar-refractivity contribution in [3.63, 3.8) is 0 Å². The van der Waals surface area contributed by atoms with Crippen molar-refractivity contribution in [1.82, 2.24) is 15.3 Å². The summed E-state index contributed by atoms with van der Waals surface area (Å²) in [5, 5.41) is 3.05. The lowest BCUT2D eigenvalue weighted by Gasteiger charge is -2.27. The average molecular weight is 325 g/mol. The number of carbonyl (C=O) groups excluding carboxylic acids is 1. The Bertz CT molecular complexity index is 761. The minimum atomic E-state index is -0.661. The third-order valence-corrected chi connectivity index (χ3v) is 4.28. The topological polar surface area (TPSA) is 73.3 Å². The number of amides is 1. The van der Waals surface area contributed by atoms with E-state index in [0.717, 1.165) is 18.5 Å². The van der Waals surface area contributed by atoms with Crippen LogP contribution >= 0.6 is 0 Å². The number of carbonyl (C=O) groups is 1. The molecular formula is C18H19N3O3. The molecular weight excluding hydrogens is 306 g/mol. The summed E-state index contributed by atoms with van der Waals surface area (Å²) in [6.07, 6.45) is 3.22. The molecule has 6 nitrogen and oxygen atoms in total. The Morgan fingerprint density at radius 3 is 2.79 bits per heavy atom. The van der Waals surface area contributed by atoms with Crippen molar-refractivity contribution in [3.8, 4) is 11.5 Å². The van der Waals surface area contributed by atoms with Gasteiger partial charge in [-0.3, -0.25) is 4.79 Å². The number of ether oxygens (including phenoxy) is 2. The molecule has 1 N–H and O–H groups in total. The summed E-state index contributed by atoms with van der Waals surface area (Å²) < 4.78 is 11.4. The van der Waals surface area contributed by atoms with Crippen molar-refractivity contribution in [2.24, 2.45) is 5.92 Å². The Morgan fingerprint density at radius 1 is 1.25 bits per heavy atom. The summed E-state index contributed by atoms with van der Waals surface area (Å²) >= 11 is 0. The van der Waals surface area contributed by atoms with Crippen molar-refractivity contribution in [2.45, 2.75) is 31.9 Å². The highest BCUT2D eigenvalue weighted by atomic mass is 16.6. The lowest BCUT2D eigenvalue weighted by atomic mass is 10.1. The number of hydrogen-bond acceptors (Lipinski definition) is 5. The van der Waals surface area contributed by atoms with E-state index in [0.29, 0.717) is 23.2 Å². The fraction of sp³-hybridized carbons (Fsp3) is 0.389. The summed E-state index contributed by atoms with van der Waals surface area (Å²) in [7, 11) is 0. The summed E-state index contributed by atoms with van der Waals surface area (Å²) in [4.78, 5) is 21.4. The highest BCUT2D eigenvalue weighted by molar-refractivity contribution is 5.82. The van der Waals surface area contributed by atoms with Crippen molar-refractivity contribution in [2.75, 3.05) is 6.61 Å². The summed E-state index contributed by atoms with van der Waals surface area (Å²) in [5.74, 6) is 2.14. The van der Waals surface area contributed by atoms with Gasteiger partial charge in [0.05, 0.1) is 6.04 Å². The lowest BCUT2D eigenvalue weighted by molar-refractivity contribution is -0.131. The smallest absolute Gasteiger partial charge is 0.265 e. The van der Waals surface area contributed by atoms with Gasteiger partial charge in [-0.05, 0) is 43.9 Å². The Balaban J connectivity index is 1.48. The second kappa shape index (κ2) is 6.11. The molecule has 1 saturated carbocycles. The van der Waals surface area contributed by atoms with Crippen molar-refractivity contribution in [3.05, 3.63) is 48.0 Å². The molecule has 4 rings (SSSR count). The first-order chi connectivity index (χ1) is 11.7. The van der Waals surface area contributed by atoms with Gasteiger partial charge < -0.3 is 14.8 Å². The highest BCUT2D eigenvalue weighted by Gasteiger charge is 2.37. The van der Waals surface area contributed by atoms with Crippen LogP contribution in [-0.4, -0.2) is 28.6 Å². The van der Waals surface area contributed by atoms with E-state index in [2.05, 4.69) is 15.3 Å². The summed E-state index contributed by atoms with van der Waals surface area (Å²) in [6.45, 7) is 2.13. The van der Waals surface area contributed by atoms with Gasteiger partial charge in [0.2, 0.25) is 6.10 Å². The molecule has 0 radical (unpaired) electrons. The molecule has 1 aromatic carbocycles. The fourth-order valence-corrected chi connectivity index (χ4v) is 2.84. The molecule has 0 saturated heterocycles. The zero-order chi connectivity index (χ0) is 16.5. The van der Waals surface area contributed by atoms with E-state index < -0.39 is 6.10 Å². The predicted octanol–water partition coefficient (Wildman–Crippen LogP) is 2.19. The van der Waals surface area contributed by atoms with E-state index in [1.165, 1.54) is 0 Å². The molecule has 2 heterocycles. The zero-order valence-corrected chi connectivity index (χ0v) is 13.4. The average Bonchev–Trinajstić information content (AvgIpc) is 3.44. The molecule has 124 valence electrons. The maximum atomic E-state index is 12.6. The molecule has 1 fully saturated rings. The molecule has 0 unspecified atom stereocenters. The maximum Gasteiger partial charge on any atom is 0.265 e. The van der Waals surface area contributed by atoms with Gasteiger partial charge in [0.15, 0.2) is 17.3 Å². The molecule has 2 aromatic rings. The van der Waals surface area contributed by atoms with Crippen LogP contribution in [-0.2, 0) is 4.79 Å². The summed E-state index contributed by atoms with van der Waals surface area (Å²) in [6, 6.07) is 9.05. The van der Waals surface area contributed by atoms with Gasteiger partial charge in [-0.1, -0.05) is 12.1 Å². The van der Waals surface area contributed by atoms with Gasteiger partial charge >= 0.3 is 0 Å². The maximum absolute atomic E-state index is 12.6. The number of aryl methyl sites for hydroxylation is 1. The number of rotatable bonds is 4. The van der Waals surface area contributed by atoms with Gasteiger partial charge in [-0.2, -0.15) is 0 Å². The first-order valence-electron chi connectivity index (χ1n) is 8.19. The van der Waals surface area contributed by atoms with Crippen LogP contribution in [0.15, 0.2) is 36.5 Å². The predicted molar refractivity (Wildman–Crippen MR) is 86.7 cm³/mol. The van der Waals surface area contributed by atoms with Gasteiger partial charge in [-0.15, -0.1) is 0 Å². The monoisotopic (exact) mass is 325 g/mol. The largest absolute Gasteiger partial charge is 0.485 e. The van der Waals surface area contributed by atoms with Crippen molar-refractivity contribution < 1.29 is 14.3 Å². The number of nitrogens with one attached hydrogen (secondary N) is 1. The van der Waals surface area contributed by atoms with Gasteiger partial charge in [0, 0.05) is 11.9 Å². The second-order valence-electron chi connectivity index (χ2n) is 6.24. The first kappa shape index (κ1) is 14.9. The number of aromatic nitrogens is 2. The van der Waals surface area contributed by atoms with Crippen LogP contribution in [0.25, 0.3) is 0 Å². The number of hydrogen-bond donors (Lipinski definition) is 1.